The third kappa shape index (κ3) is 13.0. The van der Waals surface area contributed by atoms with E-state index in [0.29, 0.717) is 11.8 Å². The van der Waals surface area contributed by atoms with Gasteiger partial charge >= 0.3 is 0 Å². The zero-order chi connectivity index (χ0) is 81.3. The molecule has 23 rings (SSSR count). The molecule has 4 heteroatoms. The fraction of sp³-hybridized carbons (Fsp3) is 0.109. The number of rotatable bonds is 17. The van der Waals surface area contributed by atoms with Crippen LogP contribution in [0.3, 0.4) is 0 Å². The number of benzene rings is 14. The summed E-state index contributed by atoms with van der Waals surface area (Å²) < 4.78 is 14.8. The summed E-state index contributed by atoms with van der Waals surface area (Å²) in [5.74, 6) is 1.08. The standard InChI is InChI=1S/C119H90N2O2/c1-6-27-79(28-7-1)80-55-57-81(58-56-80)82-59-65-96(66-60-82)120(99-71-72-107-106-46-18-19-53-111(106)119(112(107)78-99,93-39-10-3-11-40-93)94-41-12-4-13-42-94)97-69-63-86(64-70-97)102-47-24-50-108-109-51-25-48-103(116(109)122-115(102)108)92-38-22-36-90(77-92)101-73-74-105(85-29-8-2-9-30-85)118-114(101)110-52-26-49-104(117(110)123-118)91-37-21-35-89(76-91)88-34-20-33-87(75-88)83-61-67-98(68-62-83)121(95-43-14-5-15-44-95)113-54-23-32-84-31-16-17-45-100(84)113/h1-19,21-22,24-27,29-33,35-53,55,57-67,69-76,78-80,90,98H,20,23,28,34,54,56,68,77H2. The molecule has 0 saturated carbocycles. The van der Waals surface area contributed by atoms with Crippen molar-refractivity contribution in [3.8, 4) is 44.5 Å². The van der Waals surface area contributed by atoms with Crippen LogP contribution in [0.2, 0.25) is 0 Å². The number of furan rings is 2. The molecular formula is C119H90N2O2. The molecule has 588 valence electrons. The Labute approximate surface area is 718 Å². The molecule has 14 aromatic carbocycles. The lowest BCUT2D eigenvalue weighted by molar-refractivity contribution is 0.478. The second kappa shape index (κ2) is 31.2. The first-order valence-electron chi connectivity index (χ1n) is 44.0. The molecule has 0 spiro atoms. The average molecular weight is 1580 g/mol. The van der Waals surface area contributed by atoms with Crippen molar-refractivity contribution in [1.82, 2.24) is 0 Å². The highest BCUT2D eigenvalue weighted by atomic mass is 16.3. The number of hydrogen-bond donors (Lipinski definition) is 0. The van der Waals surface area contributed by atoms with Gasteiger partial charge in [-0.25, -0.2) is 0 Å². The molecule has 2 heterocycles. The van der Waals surface area contributed by atoms with Crippen LogP contribution < -0.4 is 20.2 Å². The second-order valence-electron chi connectivity index (χ2n) is 34.0. The van der Waals surface area contributed by atoms with E-state index in [-0.39, 0.29) is 12.0 Å². The monoisotopic (exact) mass is 1580 g/mol. The van der Waals surface area contributed by atoms with Crippen molar-refractivity contribution < 1.29 is 8.83 Å². The van der Waals surface area contributed by atoms with Crippen molar-refractivity contribution in [3.05, 3.63) is 485 Å². The van der Waals surface area contributed by atoms with E-state index in [0.717, 1.165) is 151 Å². The van der Waals surface area contributed by atoms with E-state index in [1.807, 2.05) is 0 Å². The van der Waals surface area contributed by atoms with Crippen LogP contribution in [-0.2, 0) is 5.41 Å². The predicted octanol–water partition coefficient (Wildman–Crippen LogP) is 29.8. The maximum Gasteiger partial charge on any atom is 0.143 e. The minimum atomic E-state index is -0.563. The van der Waals surface area contributed by atoms with E-state index in [1.165, 1.54) is 99.8 Å². The molecule has 4 atom stereocenters. The lowest BCUT2D eigenvalue weighted by atomic mass is 9.67. The largest absolute Gasteiger partial charge is 0.455 e. The quantitative estimate of drug-likeness (QED) is 0.0910. The summed E-state index contributed by atoms with van der Waals surface area (Å²) in [6.07, 6.45) is 45.6. The first kappa shape index (κ1) is 73.6. The van der Waals surface area contributed by atoms with Gasteiger partial charge in [-0.05, 0) is 218 Å². The van der Waals surface area contributed by atoms with Crippen LogP contribution in [-0.4, -0.2) is 6.04 Å². The molecule has 7 aliphatic carbocycles. The number of para-hydroxylation sites is 4. The van der Waals surface area contributed by atoms with E-state index < -0.39 is 5.41 Å². The van der Waals surface area contributed by atoms with Gasteiger partial charge in [0.2, 0.25) is 0 Å². The zero-order valence-corrected chi connectivity index (χ0v) is 68.6. The Morgan fingerprint density at radius 3 is 1.67 bits per heavy atom. The summed E-state index contributed by atoms with van der Waals surface area (Å²) in [4.78, 5) is 5.05. The lowest BCUT2D eigenvalue weighted by Crippen LogP contribution is -2.41. The van der Waals surface area contributed by atoms with Gasteiger partial charge in [0.15, 0.2) is 0 Å². The highest BCUT2D eigenvalue weighted by Gasteiger charge is 2.46. The van der Waals surface area contributed by atoms with Crippen molar-refractivity contribution in [2.24, 2.45) is 11.8 Å². The summed E-state index contributed by atoms with van der Waals surface area (Å²) in [6.45, 7) is 0. The van der Waals surface area contributed by atoms with Gasteiger partial charge in [-0.2, -0.15) is 0 Å². The number of allylic oxidation sites excluding steroid dienone is 18. The normalized spacial score (nSPS) is 18.0. The van der Waals surface area contributed by atoms with Crippen LogP contribution in [0.25, 0.3) is 117 Å². The maximum atomic E-state index is 7.45. The molecule has 0 N–H and O–H groups in total. The van der Waals surface area contributed by atoms with Gasteiger partial charge in [0.1, 0.15) is 22.3 Å². The topological polar surface area (TPSA) is 32.8 Å². The Morgan fingerprint density at radius 2 is 0.927 bits per heavy atom. The van der Waals surface area contributed by atoms with Crippen LogP contribution in [0.5, 0.6) is 0 Å². The summed E-state index contributed by atoms with van der Waals surface area (Å²) in [5, 5.41) is 7.14. The Bertz CT molecular complexity index is 7320. The Morgan fingerprint density at radius 1 is 0.341 bits per heavy atom. The van der Waals surface area contributed by atoms with Gasteiger partial charge < -0.3 is 18.6 Å². The smallest absolute Gasteiger partial charge is 0.143 e. The molecule has 0 fully saturated rings. The number of nitrogens with zero attached hydrogens (tertiary/aromatic N) is 2. The molecule has 0 saturated heterocycles. The van der Waals surface area contributed by atoms with Gasteiger partial charge in [0, 0.05) is 83.4 Å². The first-order chi connectivity index (χ1) is 61.0. The van der Waals surface area contributed by atoms with Gasteiger partial charge in [0.25, 0.3) is 0 Å². The van der Waals surface area contributed by atoms with Crippen LogP contribution >= 0.6 is 0 Å². The molecule has 4 nitrogen and oxygen atoms in total. The van der Waals surface area contributed by atoms with Crippen molar-refractivity contribution in [3.63, 3.8) is 0 Å². The molecule has 0 bridgehead atoms. The number of fused-ring (bicyclic) bond motifs is 10. The van der Waals surface area contributed by atoms with Crippen LogP contribution in [0.15, 0.2) is 439 Å². The van der Waals surface area contributed by atoms with Crippen LogP contribution in [0.1, 0.15) is 102 Å². The minimum absolute atomic E-state index is 0.0385. The average Bonchev–Trinajstić information content (AvgIpc) is 1.54. The molecule has 0 amide bonds. The summed E-state index contributed by atoms with van der Waals surface area (Å²) in [6, 6.07) is 122. The molecular weight excluding hydrogens is 1490 g/mol. The number of hydrogen-bond acceptors (Lipinski definition) is 4. The highest BCUT2D eigenvalue weighted by Crippen LogP contribution is 2.58. The molecule has 0 radical (unpaired) electrons. The third-order valence-electron chi connectivity index (χ3n) is 27.1. The van der Waals surface area contributed by atoms with E-state index in [1.54, 1.807) is 0 Å². The van der Waals surface area contributed by atoms with Gasteiger partial charge in [-0.1, -0.05) is 370 Å². The first-order valence-corrected chi connectivity index (χ1v) is 44.0. The predicted molar refractivity (Wildman–Crippen MR) is 514 cm³/mol. The minimum Gasteiger partial charge on any atom is -0.455 e. The second-order valence-corrected chi connectivity index (χ2v) is 34.0. The SMILES string of the molecule is C1=CCC(C2C=CC(c3ccc(N(c4ccc(-c5cccc6c5oc5c(C7=CC=CC(c8ccc(-c9ccccc9)c9oc%10c(-c%11cccc(C%12=CC(C%13=CCC(N(C%14=c%15ccccc%15=CCC%14)c%14ccccc%14)C=C%13)=CCC%12)c%11)cccc%10c89)C7)cccc56)cc4)c4ccc5c(c4)C(c4ccccc4)(c4ccccc4)c4ccccc4-5)cc3)=CC2)C=C1. The molecule has 0 aliphatic heterocycles. The fourth-order valence-electron chi connectivity index (χ4n) is 21.3. The van der Waals surface area contributed by atoms with Crippen molar-refractivity contribution in [1.29, 1.82) is 0 Å². The summed E-state index contributed by atoms with van der Waals surface area (Å²) in [5.41, 5.74) is 34.2. The van der Waals surface area contributed by atoms with Crippen molar-refractivity contribution >= 4 is 95.1 Å². The Kier molecular flexibility index (Phi) is 18.7. The molecule has 16 aromatic rings. The van der Waals surface area contributed by atoms with Gasteiger partial charge in [0.05, 0.1) is 11.5 Å². The van der Waals surface area contributed by atoms with Crippen molar-refractivity contribution in [2.75, 3.05) is 9.80 Å². The van der Waals surface area contributed by atoms with E-state index in [4.69, 9.17) is 8.83 Å². The fourth-order valence-corrected chi connectivity index (χ4v) is 21.3. The van der Waals surface area contributed by atoms with Crippen LogP contribution in [0, 0.1) is 11.8 Å². The van der Waals surface area contributed by atoms with Gasteiger partial charge in [-0.3, -0.25) is 0 Å². The van der Waals surface area contributed by atoms with Crippen LogP contribution in [0.4, 0.5) is 22.7 Å². The Hall–Kier alpha value is -14.6. The van der Waals surface area contributed by atoms with E-state index >= 15 is 0 Å². The summed E-state index contributed by atoms with van der Waals surface area (Å²) in [7, 11) is 0. The molecule has 123 heavy (non-hydrogen) atoms. The third-order valence-corrected chi connectivity index (χ3v) is 27.1. The zero-order valence-electron chi connectivity index (χ0n) is 68.6. The lowest BCUT2D eigenvalue weighted by Gasteiger charge is -2.36. The molecule has 4 unspecified atom stereocenters. The number of anilines is 4. The molecule has 2 aromatic heterocycles. The van der Waals surface area contributed by atoms with E-state index in [2.05, 4.69) is 435 Å². The Balaban J connectivity index is 0.559. The maximum absolute atomic E-state index is 7.45. The van der Waals surface area contributed by atoms with E-state index in [9.17, 15) is 0 Å². The summed E-state index contributed by atoms with van der Waals surface area (Å²) >= 11 is 0. The molecule has 7 aliphatic rings. The van der Waals surface area contributed by atoms with Gasteiger partial charge in [-0.15, -0.1) is 0 Å². The van der Waals surface area contributed by atoms with Crippen molar-refractivity contribution in [2.45, 2.75) is 68.7 Å². The highest BCUT2D eigenvalue weighted by molar-refractivity contribution is 6.16.